The van der Waals surface area contributed by atoms with Crippen molar-refractivity contribution >= 4 is 35.1 Å². The second kappa shape index (κ2) is 8.32. The molecule has 0 saturated carbocycles. The zero-order valence-corrected chi connectivity index (χ0v) is 21.3. The number of rotatable bonds is 5. The van der Waals surface area contributed by atoms with Gasteiger partial charge in [-0.25, -0.2) is 0 Å². The highest BCUT2D eigenvalue weighted by Gasteiger charge is 2.47. The number of pyridine rings is 2. The number of benzene rings is 2. The molecule has 0 atom stereocenters. The SMILES string of the molecule is Cc1ccc2c(=O)n(-c3cccc4cccnc34)c([Si](C(C)C)(C(C)C)C(C)C)cc2c1. The highest BCUT2D eigenvalue weighted by atomic mass is 28.3. The largest absolute Gasteiger partial charge is 0.283 e. The Morgan fingerprint density at radius 3 is 2.12 bits per heavy atom. The van der Waals surface area contributed by atoms with Crippen molar-refractivity contribution in [2.45, 2.75) is 65.1 Å². The van der Waals surface area contributed by atoms with Gasteiger partial charge in [0.05, 0.1) is 11.2 Å². The first-order chi connectivity index (χ1) is 15.2. The summed E-state index contributed by atoms with van der Waals surface area (Å²) in [6.45, 7) is 16.2. The summed E-state index contributed by atoms with van der Waals surface area (Å²) in [5, 5.41) is 4.09. The van der Waals surface area contributed by atoms with Crippen LogP contribution in [0.4, 0.5) is 0 Å². The molecule has 0 aliphatic carbocycles. The van der Waals surface area contributed by atoms with E-state index in [1.165, 1.54) is 10.9 Å². The second-order valence-electron chi connectivity index (χ2n) is 10.0. The molecule has 0 spiro atoms. The zero-order chi connectivity index (χ0) is 23.2. The highest BCUT2D eigenvalue weighted by Crippen LogP contribution is 2.41. The van der Waals surface area contributed by atoms with Crippen LogP contribution in [0.3, 0.4) is 0 Å². The van der Waals surface area contributed by atoms with Crippen LogP contribution in [0.15, 0.2) is 65.6 Å². The molecule has 0 aliphatic heterocycles. The topological polar surface area (TPSA) is 34.9 Å². The average Bonchev–Trinajstić information content (AvgIpc) is 2.73. The summed E-state index contributed by atoms with van der Waals surface area (Å²) in [4.78, 5) is 18.9. The Morgan fingerprint density at radius 1 is 0.812 bits per heavy atom. The molecule has 0 amide bonds. The van der Waals surface area contributed by atoms with Gasteiger partial charge in [0.15, 0.2) is 0 Å². The fraction of sp³-hybridized carbons (Fsp3) is 0.357. The number of nitrogens with zero attached hydrogens (tertiary/aromatic N) is 2. The molecule has 4 rings (SSSR count). The lowest BCUT2D eigenvalue weighted by Crippen LogP contribution is -2.60. The van der Waals surface area contributed by atoms with Gasteiger partial charge in [0.25, 0.3) is 5.56 Å². The normalized spacial score (nSPS) is 12.6. The van der Waals surface area contributed by atoms with Gasteiger partial charge < -0.3 is 0 Å². The molecular weight excluding hydrogens is 408 g/mol. The van der Waals surface area contributed by atoms with E-state index in [1.54, 1.807) is 0 Å². The van der Waals surface area contributed by atoms with E-state index < -0.39 is 8.07 Å². The summed E-state index contributed by atoms with van der Waals surface area (Å²) < 4.78 is 2.03. The van der Waals surface area contributed by atoms with Crippen molar-refractivity contribution in [3.63, 3.8) is 0 Å². The van der Waals surface area contributed by atoms with Gasteiger partial charge in [-0.1, -0.05) is 77.4 Å². The van der Waals surface area contributed by atoms with E-state index >= 15 is 0 Å². The van der Waals surface area contributed by atoms with Crippen LogP contribution < -0.4 is 10.9 Å². The van der Waals surface area contributed by atoms with Gasteiger partial charge in [0, 0.05) is 22.3 Å². The fourth-order valence-electron chi connectivity index (χ4n) is 6.15. The third-order valence-electron chi connectivity index (χ3n) is 7.34. The van der Waals surface area contributed by atoms with Gasteiger partial charge in [-0.2, -0.15) is 0 Å². The van der Waals surface area contributed by atoms with Crippen molar-refractivity contribution < 1.29 is 0 Å². The van der Waals surface area contributed by atoms with Gasteiger partial charge in [-0.05, 0) is 53.2 Å². The molecule has 32 heavy (non-hydrogen) atoms. The molecule has 0 N–H and O–H groups in total. The van der Waals surface area contributed by atoms with Crippen LogP contribution in [0.2, 0.25) is 16.6 Å². The Balaban J connectivity index is 2.26. The maximum Gasteiger partial charge on any atom is 0.262 e. The molecule has 4 heteroatoms. The smallest absolute Gasteiger partial charge is 0.262 e. The van der Waals surface area contributed by atoms with E-state index in [4.69, 9.17) is 4.98 Å². The van der Waals surface area contributed by atoms with Gasteiger partial charge in [0.1, 0.15) is 8.07 Å². The molecular formula is C28H34N2OSi. The Hall–Kier alpha value is -2.72. The van der Waals surface area contributed by atoms with Crippen molar-refractivity contribution in [3.05, 3.63) is 76.7 Å². The standard InChI is InChI=1S/C28H34N2OSi/c1-18(2)32(19(3)4,20(5)6)26-17-23-16-21(7)13-14-24(23)28(31)30(26)25-12-8-10-22-11-9-15-29-27(22)25/h8-20H,1-7H3. The molecule has 2 aromatic carbocycles. The summed E-state index contributed by atoms with van der Waals surface area (Å²) in [7, 11) is -2.15. The minimum atomic E-state index is -2.15. The van der Waals surface area contributed by atoms with E-state index in [0.29, 0.717) is 16.6 Å². The van der Waals surface area contributed by atoms with E-state index in [-0.39, 0.29) is 5.56 Å². The van der Waals surface area contributed by atoms with Gasteiger partial charge >= 0.3 is 0 Å². The van der Waals surface area contributed by atoms with E-state index in [9.17, 15) is 4.79 Å². The van der Waals surface area contributed by atoms with Crippen LogP contribution in [0, 0.1) is 6.92 Å². The summed E-state index contributed by atoms with van der Waals surface area (Å²) in [5.41, 5.74) is 4.47. The maximum absolute atomic E-state index is 14.2. The lowest BCUT2D eigenvalue weighted by atomic mass is 10.1. The fourth-order valence-corrected chi connectivity index (χ4v) is 12.9. The van der Waals surface area contributed by atoms with Crippen molar-refractivity contribution in [1.29, 1.82) is 0 Å². The summed E-state index contributed by atoms with van der Waals surface area (Å²) in [6.07, 6.45) is 1.82. The molecule has 0 unspecified atom stereocenters. The molecule has 0 saturated heterocycles. The van der Waals surface area contributed by atoms with Crippen LogP contribution in [-0.2, 0) is 0 Å². The van der Waals surface area contributed by atoms with Crippen molar-refractivity contribution in [3.8, 4) is 5.69 Å². The minimum absolute atomic E-state index is 0.0643. The van der Waals surface area contributed by atoms with Crippen LogP contribution in [-0.4, -0.2) is 17.6 Å². The number of aryl methyl sites for hydroxylation is 1. The quantitative estimate of drug-likeness (QED) is 0.321. The monoisotopic (exact) mass is 442 g/mol. The third-order valence-corrected chi connectivity index (χ3v) is 14.3. The molecule has 4 aromatic rings. The summed E-state index contributed by atoms with van der Waals surface area (Å²) in [6, 6.07) is 18.7. The Bertz CT molecular complexity index is 1320. The zero-order valence-electron chi connectivity index (χ0n) is 20.3. The Labute approximate surface area is 192 Å². The molecule has 0 aliphatic rings. The second-order valence-corrected chi connectivity index (χ2v) is 15.9. The molecule has 0 bridgehead atoms. The van der Waals surface area contributed by atoms with Gasteiger partial charge in [-0.3, -0.25) is 14.3 Å². The van der Waals surface area contributed by atoms with Crippen molar-refractivity contribution in [2.75, 3.05) is 0 Å². The Morgan fingerprint density at radius 2 is 1.47 bits per heavy atom. The third kappa shape index (κ3) is 3.32. The van der Waals surface area contributed by atoms with Crippen molar-refractivity contribution in [1.82, 2.24) is 9.55 Å². The molecule has 3 nitrogen and oxygen atoms in total. The Kier molecular flexibility index (Phi) is 5.84. The minimum Gasteiger partial charge on any atom is -0.283 e. The van der Waals surface area contributed by atoms with E-state index in [0.717, 1.165) is 27.4 Å². The lowest BCUT2D eigenvalue weighted by Gasteiger charge is -2.44. The predicted octanol–water partition coefficient (Wildman–Crippen LogP) is 6.73. The van der Waals surface area contributed by atoms with Crippen LogP contribution in [0.1, 0.15) is 47.1 Å². The first-order valence-corrected chi connectivity index (χ1v) is 13.9. The predicted molar refractivity (Wildman–Crippen MR) is 140 cm³/mol. The molecule has 2 aromatic heterocycles. The first kappa shape index (κ1) is 22.5. The van der Waals surface area contributed by atoms with Crippen LogP contribution >= 0.6 is 0 Å². The maximum atomic E-state index is 14.2. The number of para-hydroxylation sites is 1. The van der Waals surface area contributed by atoms with Crippen molar-refractivity contribution in [2.24, 2.45) is 0 Å². The van der Waals surface area contributed by atoms with Gasteiger partial charge in [0.2, 0.25) is 0 Å². The number of fused-ring (bicyclic) bond motifs is 2. The number of aromatic nitrogens is 2. The molecule has 2 heterocycles. The van der Waals surface area contributed by atoms with E-state index in [1.807, 2.05) is 35.0 Å². The number of hydrogen-bond acceptors (Lipinski definition) is 2. The number of hydrogen-bond donors (Lipinski definition) is 0. The molecule has 0 radical (unpaired) electrons. The van der Waals surface area contributed by atoms with E-state index in [2.05, 4.69) is 78.8 Å². The van der Waals surface area contributed by atoms with Crippen LogP contribution in [0.5, 0.6) is 0 Å². The summed E-state index contributed by atoms with van der Waals surface area (Å²) >= 11 is 0. The average molecular weight is 443 g/mol. The first-order valence-electron chi connectivity index (χ1n) is 11.7. The highest BCUT2D eigenvalue weighted by molar-refractivity contribution is 6.94. The van der Waals surface area contributed by atoms with Crippen LogP contribution in [0.25, 0.3) is 27.4 Å². The summed E-state index contributed by atoms with van der Waals surface area (Å²) in [5.74, 6) is 0. The van der Waals surface area contributed by atoms with Gasteiger partial charge in [-0.15, -0.1) is 0 Å². The lowest BCUT2D eigenvalue weighted by molar-refractivity contribution is 0.822. The molecule has 0 fully saturated rings. The molecule has 166 valence electrons.